The van der Waals surface area contributed by atoms with Crippen LogP contribution in [0.1, 0.15) is 35.1 Å². The minimum Gasteiger partial charge on any atom is -0.363 e. The van der Waals surface area contributed by atoms with Crippen molar-refractivity contribution in [1.29, 1.82) is 0 Å². The van der Waals surface area contributed by atoms with E-state index in [1.807, 2.05) is 25.1 Å². The molecule has 33 heavy (non-hydrogen) atoms. The highest BCUT2D eigenvalue weighted by molar-refractivity contribution is 7.92. The third-order valence-corrected chi connectivity index (χ3v) is 7.64. The largest absolute Gasteiger partial charge is 0.418 e. The summed E-state index contributed by atoms with van der Waals surface area (Å²) in [7, 11) is -4.11. The Kier molecular flexibility index (Phi) is 6.50. The van der Waals surface area contributed by atoms with Gasteiger partial charge in [-0.05, 0) is 37.1 Å². The van der Waals surface area contributed by atoms with Crippen LogP contribution >= 0.6 is 0 Å². The molecule has 3 aromatic carbocycles. The van der Waals surface area contributed by atoms with E-state index in [-0.39, 0.29) is 29.3 Å². The molecule has 0 aromatic heterocycles. The molecule has 4 nitrogen and oxygen atoms in total. The third kappa shape index (κ3) is 4.91. The van der Waals surface area contributed by atoms with Gasteiger partial charge in [0, 0.05) is 18.0 Å². The summed E-state index contributed by atoms with van der Waals surface area (Å²) in [5.74, 6) is -0.402. The molecule has 0 N–H and O–H groups in total. The van der Waals surface area contributed by atoms with E-state index in [9.17, 15) is 21.6 Å². The third-order valence-electron chi connectivity index (χ3n) is 5.81. The van der Waals surface area contributed by atoms with E-state index >= 15 is 0 Å². The van der Waals surface area contributed by atoms with Crippen molar-refractivity contribution in [2.45, 2.75) is 36.4 Å². The first-order valence-electron chi connectivity index (χ1n) is 10.6. The molecule has 4 rings (SSSR count). The summed E-state index contributed by atoms with van der Waals surface area (Å²) in [6, 6.07) is 21.1. The van der Waals surface area contributed by atoms with Gasteiger partial charge in [0.25, 0.3) is 10.0 Å². The van der Waals surface area contributed by atoms with Gasteiger partial charge in [0.1, 0.15) is 0 Å². The molecule has 0 unspecified atom stereocenters. The van der Waals surface area contributed by atoms with E-state index in [0.717, 1.165) is 15.4 Å². The van der Waals surface area contributed by atoms with Crippen molar-refractivity contribution in [1.82, 2.24) is 0 Å². The Morgan fingerprint density at radius 3 is 2.21 bits per heavy atom. The number of hydrogen-bond donors (Lipinski definition) is 0. The molecule has 0 aliphatic carbocycles. The topological polar surface area (TPSA) is 46.6 Å². The minimum absolute atomic E-state index is 0.0146. The van der Waals surface area contributed by atoms with E-state index in [1.165, 1.54) is 36.4 Å². The smallest absolute Gasteiger partial charge is 0.363 e. The maximum Gasteiger partial charge on any atom is 0.418 e. The fraction of sp³-hybridized carbons (Fsp3) is 0.280. The number of fused-ring (bicyclic) bond motifs is 1. The van der Waals surface area contributed by atoms with E-state index in [0.29, 0.717) is 6.42 Å². The van der Waals surface area contributed by atoms with Crippen LogP contribution in [0.5, 0.6) is 0 Å². The molecule has 0 saturated carbocycles. The van der Waals surface area contributed by atoms with Crippen molar-refractivity contribution in [2.24, 2.45) is 0 Å². The van der Waals surface area contributed by atoms with E-state index in [1.54, 1.807) is 24.3 Å². The van der Waals surface area contributed by atoms with Crippen molar-refractivity contribution >= 4 is 15.7 Å². The Hall–Kier alpha value is -2.84. The summed E-state index contributed by atoms with van der Waals surface area (Å²) >= 11 is 0. The lowest BCUT2D eigenvalue weighted by molar-refractivity contribution is -0.224. The Bertz CT molecular complexity index is 1200. The molecule has 1 heterocycles. The predicted molar refractivity (Wildman–Crippen MR) is 121 cm³/mol. The molecule has 3 aromatic rings. The van der Waals surface area contributed by atoms with Gasteiger partial charge < -0.3 is 4.74 Å². The van der Waals surface area contributed by atoms with E-state index < -0.39 is 28.2 Å². The van der Waals surface area contributed by atoms with Crippen molar-refractivity contribution in [3.63, 3.8) is 0 Å². The molecule has 0 spiro atoms. The second kappa shape index (κ2) is 9.19. The average Bonchev–Trinajstić information content (AvgIpc) is 2.87. The Balaban J connectivity index is 1.85. The van der Waals surface area contributed by atoms with Crippen LogP contribution in [0, 0.1) is 6.92 Å². The van der Waals surface area contributed by atoms with Crippen molar-refractivity contribution in [3.05, 3.63) is 95.6 Å². The van der Waals surface area contributed by atoms with Crippen LogP contribution in [0.3, 0.4) is 0 Å². The number of para-hydroxylation sites is 1. The van der Waals surface area contributed by atoms with Crippen LogP contribution in [-0.2, 0) is 14.8 Å². The fourth-order valence-electron chi connectivity index (χ4n) is 4.06. The van der Waals surface area contributed by atoms with Gasteiger partial charge in [-0.25, -0.2) is 8.42 Å². The summed E-state index contributed by atoms with van der Waals surface area (Å²) in [6.45, 7) is 1.67. The zero-order valence-corrected chi connectivity index (χ0v) is 18.8. The second-order valence-electron chi connectivity index (χ2n) is 8.10. The number of alkyl halides is 3. The molecule has 0 amide bonds. The number of anilines is 1. The fourth-order valence-corrected chi connectivity index (χ4v) is 5.57. The van der Waals surface area contributed by atoms with Crippen LogP contribution < -0.4 is 4.31 Å². The number of halogens is 3. The molecular weight excluding hydrogens is 451 g/mol. The van der Waals surface area contributed by atoms with Crippen LogP contribution in [0.25, 0.3) is 0 Å². The lowest BCUT2D eigenvalue weighted by atomic mass is 9.96. The minimum atomic E-state index is -4.71. The average molecular weight is 476 g/mol. The monoisotopic (exact) mass is 475 g/mol. The van der Waals surface area contributed by atoms with Gasteiger partial charge in [0.2, 0.25) is 0 Å². The molecule has 2 atom stereocenters. The summed E-state index contributed by atoms with van der Waals surface area (Å²) in [5, 5.41) is 0. The summed E-state index contributed by atoms with van der Waals surface area (Å²) < 4.78 is 76.1. The molecule has 0 fully saturated rings. The number of nitrogens with zero attached hydrogens (tertiary/aromatic N) is 1. The first-order valence-corrected chi connectivity index (χ1v) is 12.0. The molecule has 174 valence electrons. The normalized spacial score (nSPS) is 19.8. The van der Waals surface area contributed by atoms with Gasteiger partial charge in [0.05, 0.1) is 17.2 Å². The maximum absolute atomic E-state index is 14.1. The SMILES string of the molecule is Cc1ccc(S(=O)(=O)N2CC[C@H](c3ccccc3)CO[C@@H](C(F)(F)F)c3ccccc32)cc1. The quantitative estimate of drug-likeness (QED) is 0.467. The van der Waals surface area contributed by atoms with Crippen molar-refractivity contribution < 1.29 is 26.3 Å². The van der Waals surface area contributed by atoms with Gasteiger partial charge in [-0.1, -0.05) is 66.2 Å². The van der Waals surface area contributed by atoms with Gasteiger partial charge >= 0.3 is 6.18 Å². The molecule has 0 bridgehead atoms. The molecular formula is C25H24F3NO3S. The first-order chi connectivity index (χ1) is 15.7. The van der Waals surface area contributed by atoms with Crippen LogP contribution in [0.15, 0.2) is 83.8 Å². The van der Waals surface area contributed by atoms with Crippen LogP contribution in [-0.4, -0.2) is 27.7 Å². The Morgan fingerprint density at radius 2 is 1.55 bits per heavy atom. The summed E-state index contributed by atoms with van der Waals surface area (Å²) in [4.78, 5) is 0.0305. The van der Waals surface area contributed by atoms with Crippen LogP contribution in [0.4, 0.5) is 18.9 Å². The first kappa shape index (κ1) is 23.3. The Morgan fingerprint density at radius 1 is 0.909 bits per heavy atom. The lowest BCUT2D eigenvalue weighted by Crippen LogP contribution is -2.34. The highest BCUT2D eigenvalue weighted by Crippen LogP contribution is 2.43. The molecule has 1 aliphatic rings. The number of ether oxygens (including phenoxy) is 1. The van der Waals surface area contributed by atoms with E-state index in [2.05, 4.69) is 0 Å². The van der Waals surface area contributed by atoms with Gasteiger partial charge in [-0.15, -0.1) is 0 Å². The summed E-state index contributed by atoms with van der Waals surface area (Å²) in [6.07, 6.45) is -6.65. The number of sulfonamides is 1. The van der Waals surface area contributed by atoms with Gasteiger partial charge in [-0.2, -0.15) is 13.2 Å². The lowest BCUT2D eigenvalue weighted by Gasteiger charge is -2.28. The second-order valence-corrected chi connectivity index (χ2v) is 9.96. The molecule has 1 aliphatic heterocycles. The van der Waals surface area contributed by atoms with Crippen molar-refractivity contribution in [2.75, 3.05) is 17.5 Å². The molecule has 8 heteroatoms. The molecule has 0 radical (unpaired) electrons. The zero-order chi connectivity index (χ0) is 23.6. The number of rotatable bonds is 3. The van der Waals surface area contributed by atoms with Crippen molar-refractivity contribution in [3.8, 4) is 0 Å². The zero-order valence-electron chi connectivity index (χ0n) is 18.0. The number of aryl methyl sites for hydroxylation is 1. The summed E-state index contributed by atoms with van der Waals surface area (Å²) in [5.41, 5.74) is 1.45. The number of hydrogen-bond acceptors (Lipinski definition) is 3. The molecule has 0 saturated heterocycles. The maximum atomic E-state index is 14.1. The Labute approximate surface area is 191 Å². The van der Waals surface area contributed by atoms with Crippen LogP contribution in [0.2, 0.25) is 0 Å². The standard InChI is InChI=1S/C25H24F3NO3S/c1-18-11-13-21(14-12-18)33(30,31)29-16-15-20(19-7-3-2-4-8-19)17-32-24(25(26,27)28)22-9-5-6-10-23(22)29/h2-14,20,24H,15-17H2,1H3/t20-,24+/m0/s1. The number of benzene rings is 3. The van der Waals surface area contributed by atoms with Gasteiger partial charge in [-0.3, -0.25) is 4.31 Å². The van der Waals surface area contributed by atoms with E-state index in [4.69, 9.17) is 4.74 Å². The predicted octanol–water partition coefficient (Wildman–Crippen LogP) is 6.00. The van der Waals surface area contributed by atoms with Gasteiger partial charge in [0.15, 0.2) is 6.10 Å². The highest BCUT2D eigenvalue weighted by Gasteiger charge is 2.45. The highest BCUT2D eigenvalue weighted by atomic mass is 32.2.